The molecule has 0 radical (unpaired) electrons. The number of nitrogen functional groups attached to an aromatic ring is 1. The summed E-state index contributed by atoms with van der Waals surface area (Å²) in [5.41, 5.74) is 13.4. The zero-order valence-corrected chi connectivity index (χ0v) is 19.2. The van der Waals surface area contributed by atoms with E-state index in [9.17, 15) is 14.7 Å². The number of fused-ring (bicyclic) bond motifs is 1. The van der Waals surface area contributed by atoms with Gasteiger partial charge in [0, 0.05) is 0 Å². The number of carbonyl (C=O) groups is 2. The predicted octanol–water partition coefficient (Wildman–Crippen LogP) is -0.707. The molecule has 3 heterocycles. The number of rotatable bonds is 8. The lowest BCUT2D eigenvalue weighted by Crippen LogP contribution is -2.54. The van der Waals surface area contributed by atoms with Crippen LogP contribution < -0.4 is 21.5 Å². The van der Waals surface area contributed by atoms with E-state index < -0.39 is 42.4 Å². The molecule has 6 N–H and O–H groups in total. The highest BCUT2D eigenvalue weighted by atomic mass is 16.6. The van der Waals surface area contributed by atoms with Crippen LogP contribution in [0.2, 0.25) is 0 Å². The van der Waals surface area contributed by atoms with E-state index in [0.717, 1.165) is 5.56 Å². The maximum absolute atomic E-state index is 12.9. The molecular weight excluding hydrogens is 458 g/mol. The second-order valence-electron chi connectivity index (χ2n) is 7.97. The maximum Gasteiger partial charge on any atom is 0.337 e. The maximum atomic E-state index is 12.9. The third-order valence-electron chi connectivity index (χ3n) is 5.71. The molecule has 3 aromatic rings. The highest BCUT2D eigenvalue weighted by Crippen LogP contribution is 2.32. The van der Waals surface area contributed by atoms with Crippen molar-refractivity contribution in [2.45, 2.75) is 43.9 Å². The number of methoxy groups -OCH3 is 1. The van der Waals surface area contributed by atoms with Gasteiger partial charge in [-0.15, -0.1) is 0 Å². The molecule has 1 fully saturated rings. The quantitative estimate of drug-likeness (QED) is 0.295. The lowest BCUT2D eigenvalue weighted by atomic mass is 10.0. The average molecular weight is 486 g/mol. The smallest absolute Gasteiger partial charge is 0.337 e. The van der Waals surface area contributed by atoms with Crippen LogP contribution in [0.15, 0.2) is 36.9 Å². The van der Waals surface area contributed by atoms with Gasteiger partial charge in [0.05, 0.1) is 32.1 Å². The third-order valence-corrected chi connectivity index (χ3v) is 5.71. The van der Waals surface area contributed by atoms with Crippen LogP contribution in [-0.4, -0.2) is 74.5 Å². The number of hydrogen-bond acceptors (Lipinski definition) is 11. The number of amides is 1. The lowest BCUT2D eigenvalue weighted by molar-refractivity contribution is -0.159. The highest BCUT2D eigenvalue weighted by Gasteiger charge is 2.50. The van der Waals surface area contributed by atoms with E-state index in [1.165, 1.54) is 17.2 Å². The molecule has 35 heavy (non-hydrogen) atoms. The molecule has 13 nitrogen and oxygen atoms in total. The van der Waals surface area contributed by atoms with Gasteiger partial charge in [-0.2, -0.15) is 0 Å². The highest BCUT2D eigenvalue weighted by molar-refractivity contribution is 5.84. The molecule has 5 atom stereocenters. The van der Waals surface area contributed by atoms with Crippen molar-refractivity contribution in [1.29, 1.82) is 0 Å². The van der Waals surface area contributed by atoms with Crippen LogP contribution in [0.25, 0.3) is 11.2 Å². The van der Waals surface area contributed by atoms with Gasteiger partial charge in [0.15, 0.2) is 23.8 Å². The normalized spacial score (nSPS) is 22.6. The van der Waals surface area contributed by atoms with Gasteiger partial charge in [0.1, 0.15) is 23.7 Å². The minimum Gasteiger partial charge on any atom is -0.497 e. The SMILES string of the molecule is CCOC(=O)[C@H]1O[C@@H](n2cnc3c(N)ncnc32)[C@H](O)[C@@H]1NC(=O)[C@@H](N)Cc1ccc(OC)cc1. The Bertz CT molecular complexity index is 1200. The first kappa shape index (κ1) is 24.3. The minimum absolute atomic E-state index is 0.0921. The van der Waals surface area contributed by atoms with E-state index in [1.807, 2.05) is 0 Å². The van der Waals surface area contributed by atoms with Gasteiger partial charge in [0.25, 0.3) is 0 Å². The number of nitrogens with zero attached hydrogens (tertiary/aromatic N) is 4. The Hall–Kier alpha value is -3.81. The zero-order chi connectivity index (χ0) is 25.1. The summed E-state index contributed by atoms with van der Waals surface area (Å²) in [4.78, 5) is 37.7. The molecule has 1 aromatic carbocycles. The number of nitrogens with two attached hydrogens (primary N) is 2. The Morgan fingerprint density at radius 1 is 1.26 bits per heavy atom. The second-order valence-corrected chi connectivity index (χ2v) is 7.97. The van der Waals surface area contributed by atoms with Crippen molar-refractivity contribution in [2.24, 2.45) is 5.73 Å². The summed E-state index contributed by atoms with van der Waals surface area (Å²) in [6.07, 6.45) is -0.899. The van der Waals surface area contributed by atoms with Crippen LogP contribution in [0.4, 0.5) is 5.82 Å². The minimum atomic E-state index is -1.35. The van der Waals surface area contributed by atoms with Crippen molar-refractivity contribution < 1.29 is 28.9 Å². The van der Waals surface area contributed by atoms with E-state index in [0.29, 0.717) is 16.9 Å². The summed E-state index contributed by atoms with van der Waals surface area (Å²) in [5.74, 6) is -0.468. The number of benzene rings is 1. The molecule has 1 aliphatic heterocycles. The Labute approximate surface area is 200 Å². The number of nitrogens with one attached hydrogen (secondary N) is 1. The topological polar surface area (TPSA) is 190 Å². The van der Waals surface area contributed by atoms with Gasteiger partial charge in [-0.25, -0.2) is 19.7 Å². The number of aliphatic hydroxyl groups is 1. The molecule has 2 aromatic heterocycles. The first-order valence-corrected chi connectivity index (χ1v) is 11.0. The lowest BCUT2D eigenvalue weighted by Gasteiger charge is -2.23. The summed E-state index contributed by atoms with van der Waals surface area (Å²) < 4.78 is 17.5. The second kappa shape index (κ2) is 10.2. The fourth-order valence-corrected chi connectivity index (χ4v) is 3.93. The van der Waals surface area contributed by atoms with E-state index in [4.69, 9.17) is 25.7 Å². The Balaban J connectivity index is 1.54. The molecule has 186 valence electrons. The molecule has 4 rings (SSSR count). The molecule has 0 aliphatic carbocycles. The van der Waals surface area contributed by atoms with Crippen LogP contribution in [0.5, 0.6) is 5.75 Å². The third kappa shape index (κ3) is 4.87. The summed E-state index contributed by atoms with van der Waals surface area (Å²) in [5, 5.41) is 13.7. The molecule has 1 aliphatic rings. The Kier molecular flexibility index (Phi) is 7.10. The Morgan fingerprint density at radius 3 is 2.69 bits per heavy atom. The monoisotopic (exact) mass is 485 g/mol. The first-order chi connectivity index (χ1) is 16.8. The van der Waals surface area contributed by atoms with Gasteiger partial charge < -0.3 is 36.1 Å². The van der Waals surface area contributed by atoms with Crippen LogP contribution in [-0.2, 0) is 25.5 Å². The fraction of sp³-hybridized carbons (Fsp3) is 0.409. The van der Waals surface area contributed by atoms with Crippen molar-refractivity contribution in [3.8, 4) is 5.75 Å². The molecule has 0 spiro atoms. The van der Waals surface area contributed by atoms with Crippen molar-refractivity contribution in [2.75, 3.05) is 19.5 Å². The number of aliphatic hydroxyl groups excluding tert-OH is 1. The fourth-order valence-electron chi connectivity index (χ4n) is 3.93. The number of esters is 1. The number of ether oxygens (including phenoxy) is 3. The molecule has 1 saturated heterocycles. The number of anilines is 1. The number of carbonyl (C=O) groups excluding carboxylic acids is 2. The van der Waals surface area contributed by atoms with Gasteiger partial charge in [-0.05, 0) is 31.0 Å². The van der Waals surface area contributed by atoms with E-state index >= 15 is 0 Å². The van der Waals surface area contributed by atoms with Gasteiger partial charge in [-0.3, -0.25) is 9.36 Å². The zero-order valence-electron chi connectivity index (χ0n) is 19.2. The first-order valence-electron chi connectivity index (χ1n) is 11.0. The summed E-state index contributed by atoms with van der Waals surface area (Å²) >= 11 is 0. The van der Waals surface area contributed by atoms with Crippen molar-refractivity contribution in [3.63, 3.8) is 0 Å². The number of imidazole rings is 1. The van der Waals surface area contributed by atoms with Crippen LogP contribution in [0.3, 0.4) is 0 Å². The van der Waals surface area contributed by atoms with Gasteiger partial charge in [-0.1, -0.05) is 12.1 Å². The average Bonchev–Trinajstić information content (AvgIpc) is 3.42. The Morgan fingerprint density at radius 2 is 2.00 bits per heavy atom. The van der Waals surface area contributed by atoms with Crippen molar-refractivity contribution >= 4 is 28.9 Å². The summed E-state index contributed by atoms with van der Waals surface area (Å²) in [6.45, 7) is 1.73. The van der Waals surface area contributed by atoms with Crippen molar-refractivity contribution in [3.05, 3.63) is 42.5 Å². The number of hydrogen-bond donors (Lipinski definition) is 4. The van der Waals surface area contributed by atoms with Crippen molar-refractivity contribution in [1.82, 2.24) is 24.8 Å². The molecule has 1 amide bonds. The summed E-state index contributed by atoms with van der Waals surface area (Å²) in [6, 6.07) is 5.05. The standard InChI is InChI=1S/C22H27N7O6/c1-3-34-22(32)17-14(28-20(31)13(23)8-11-4-6-12(33-2)7-5-11)16(30)21(35-17)29-10-27-15-18(24)25-9-26-19(15)29/h4-7,9-10,13-14,16-17,21,30H,3,8,23H2,1-2H3,(H,28,31)(H2,24,25,26)/t13-,14-,16+,17-,21+/m0/s1. The van der Waals surface area contributed by atoms with E-state index in [2.05, 4.69) is 20.3 Å². The van der Waals surface area contributed by atoms with E-state index in [-0.39, 0.29) is 18.8 Å². The molecule has 13 heteroatoms. The molecule has 0 bridgehead atoms. The molecular formula is C22H27N7O6. The van der Waals surface area contributed by atoms with E-state index in [1.54, 1.807) is 38.3 Å². The van der Waals surface area contributed by atoms with Gasteiger partial charge in [0.2, 0.25) is 5.91 Å². The molecule has 0 unspecified atom stereocenters. The summed E-state index contributed by atoms with van der Waals surface area (Å²) in [7, 11) is 1.56. The van der Waals surface area contributed by atoms with Gasteiger partial charge >= 0.3 is 5.97 Å². The van der Waals surface area contributed by atoms with Crippen LogP contribution in [0.1, 0.15) is 18.7 Å². The van der Waals surface area contributed by atoms with Crippen LogP contribution in [0, 0.1) is 0 Å². The predicted molar refractivity (Wildman–Crippen MR) is 123 cm³/mol. The molecule has 0 saturated carbocycles. The van der Waals surface area contributed by atoms with Crippen LogP contribution >= 0.6 is 0 Å². The largest absolute Gasteiger partial charge is 0.497 e. The number of aromatic nitrogens is 4.